The molecule has 28 heavy (non-hydrogen) atoms. The van der Waals surface area contributed by atoms with Crippen LogP contribution in [-0.4, -0.2) is 67.6 Å². The van der Waals surface area contributed by atoms with Crippen LogP contribution in [0.1, 0.15) is 45.1 Å². The fourth-order valence-corrected chi connectivity index (χ4v) is 4.39. The average molecular weight is 386 g/mol. The van der Waals surface area contributed by atoms with Gasteiger partial charge in [-0.25, -0.2) is 0 Å². The number of rotatable bonds is 8. The fraction of sp³-hybridized carbons (Fsp3) is 0.696. The number of hydrogen-bond donors (Lipinski definition) is 2. The third-order valence-electron chi connectivity index (χ3n) is 5.94. The predicted octanol–water partition coefficient (Wildman–Crippen LogP) is 2.94. The van der Waals surface area contributed by atoms with Crippen molar-refractivity contribution in [3.8, 4) is 0 Å². The molecule has 5 heteroatoms. The molecule has 0 saturated carbocycles. The number of likely N-dealkylation sites (tertiary alicyclic amines) is 2. The Morgan fingerprint density at radius 1 is 1.04 bits per heavy atom. The van der Waals surface area contributed by atoms with Gasteiger partial charge in [0.05, 0.1) is 0 Å². The highest BCUT2D eigenvalue weighted by molar-refractivity contribution is 5.80. The number of nitrogens with zero attached hydrogens (tertiary/aromatic N) is 3. The molecule has 3 rings (SSSR count). The number of guanidine groups is 1. The number of benzene rings is 1. The van der Waals surface area contributed by atoms with Crippen molar-refractivity contribution in [1.29, 1.82) is 0 Å². The number of nitrogens with one attached hydrogen (secondary N) is 2. The van der Waals surface area contributed by atoms with Gasteiger partial charge < -0.3 is 15.5 Å². The summed E-state index contributed by atoms with van der Waals surface area (Å²) in [6.07, 6.45) is 4.92. The van der Waals surface area contributed by atoms with Crippen LogP contribution in [0, 0.1) is 5.92 Å². The summed E-state index contributed by atoms with van der Waals surface area (Å²) in [5.74, 6) is 1.73. The van der Waals surface area contributed by atoms with Gasteiger partial charge in [-0.05, 0) is 57.2 Å². The molecule has 0 amide bonds. The number of piperidine rings is 1. The Labute approximate surface area is 171 Å². The summed E-state index contributed by atoms with van der Waals surface area (Å²) in [5, 5.41) is 7.15. The van der Waals surface area contributed by atoms with Crippen LogP contribution in [0.4, 0.5) is 0 Å². The molecule has 156 valence electrons. The Morgan fingerprint density at radius 3 is 2.50 bits per heavy atom. The third-order valence-corrected chi connectivity index (χ3v) is 5.94. The van der Waals surface area contributed by atoms with Gasteiger partial charge in [0.2, 0.25) is 0 Å². The minimum Gasteiger partial charge on any atom is -0.357 e. The maximum absolute atomic E-state index is 4.93. The predicted molar refractivity (Wildman–Crippen MR) is 119 cm³/mol. The first-order valence-corrected chi connectivity index (χ1v) is 11.3. The molecular weight excluding hydrogens is 346 g/mol. The normalized spacial score (nSPS) is 22.5. The summed E-state index contributed by atoms with van der Waals surface area (Å²) in [7, 11) is 0. The van der Waals surface area contributed by atoms with Crippen LogP contribution in [0.25, 0.3) is 0 Å². The van der Waals surface area contributed by atoms with E-state index in [0.717, 1.165) is 44.6 Å². The highest BCUT2D eigenvalue weighted by atomic mass is 15.2. The van der Waals surface area contributed by atoms with Crippen molar-refractivity contribution in [2.75, 3.05) is 45.8 Å². The second kappa shape index (κ2) is 11.4. The highest BCUT2D eigenvalue weighted by Gasteiger charge is 2.22. The minimum absolute atomic E-state index is 0.532. The van der Waals surface area contributed by atoms with Gasteiger partial charge in [-0.1, -0.05) is 37.3 Å². The Kier molecular flexibility index (Phi) is 8.62. The van der Waals surface area contributed by atoms with Gasteiger partial charge in [0.1, 0.15) is 0 Å². The zero-order valence-electron chi connectivity index (χ0n) is 17.9. The smallest absolute Gasteiger partial charge is 0.191 e. The zero-order valence-corrected chi connectivity index (χ0v) is 17.9. The molecule has 2 saturated heterocycles. The molecule has 0 aliphatic carbocycles. The van der Waals surface area contributed by atoms with Gasteiger partial charge in [-0.3, -0.25) is 9.89 Å². The Bertz CT molecular complexity index is 580. The van der Waals surface area contributed by atoms with Crippen molar-refractivity contribution < 1.29 is 0 Å². The van der Waals surface area contributed by atoms with E-state index in [9.17, 15) is 0 Å². The van der Waals surface area contributed by atoms with E-state index in [0.29, 0.717) is 6.04 Å². The highest BCUT2D eigenvalue weighted by Crippen LogP contribution is 2.17. The van der Waals surface area contributed by atoms with E-state index in [2.05, 4.69) is 64.6 Å². The third kappa shape index (κ3) is 6.78. The molecule has 2 aliphatic rings. The summed E-state index contributed by atoms with van der Waals surface area (Å²) in [6, 6.07) is 11.3. The first-order valence-electron chi connectivity index (χ1n) is 11.3. The second-order valence-electron chi connectivity index (χ2n) is 8.36. The maximum Gasteiger partial charge on any atom is 0.191 e. The summed E-state index contributed by atoms with van der Waals surface area (Å²) in [6.45, 7) is 13.4. The Balaban J connectivity index is 1.42. The Morgan fingerprint density at radius 2 is 1.79 bits per heavy atom. The number of hydrogen-bond acceptors (Lipinski definition) is 3. The topological polar surface area (TPSA) is 42.9 Å². The first-order chi connectivity index (χ1) is 13.8. The SMILES string of the molecule is CCCN1CCC(CN=C(NCC)NC2CCN(Cc3ccccc3)CC2)C1. The summed E-state index contributed by atoms with van der Waals surface area (Å²) < 4.78 is 0. The lowest BCUT2D eigenvalue weighted by Crippen LogP contribution is -2.48. The van der Waals surface area contributed by atoms with E-state index in [4.69, 9.17) is 4.99 Å². The number of aliphatic imine (C=N–C) groups is 1. The lowest BCUT2D eigenvalue weighted by molar-refractivity contribution is 0.198. The van der Waals surface area contributed by atoms with E-state index in [1.165, 1.54) is 50.9 Å². The summed E-state index contributed by atoms with van der Waals surface area (Å²) in [5.41, 5.74) is 1.41. The molecule has 0 bridgehead atoms. The molecule has 1 aromatic rings. The van der Waals surface area contributed by atoms with Gasteiger partial charge in [-0.2, -0.15) is 0 Å². The summed E-state index contributed by atoms with van der Waals surface area (Å²) in [4.78, 5) is 10.1. The molecule has 1 atom stereocenters. The van der Waals surface area contributed by atoms with E-state index >= 15 is 0 Å². The van der Waals surface area contributed by atoms with E-state index in [1.807, 2.05) is 0 Å². The van der Waals surface area contributed by atoms with Crippen LogP contribution >= 0.6 is 0 Å². The lowest BCUT2D eigenvalue weighted by Gasteiger charge is -2.33. The van der Waals surface area contributed by atoms with Crippen LogP contribution < -0.4 is 10.6 Å². The first kappa shape index (κ1) is 21.1. The zero-order chi connectivity index (χ0) is 19.6. The van der Waals surface area contributed by atoms with Gasteiger partial charge in [0.25, 0.3) is 0 Å². The van der Waals surface area contributed by atoms with Gasteiger partial charge >= 0.3 is 0 Å². The standard InChI is InChI=1S/C23H39N5/c1-3-13-27-14-10-21(19-27)17-25-23(24-4-2)26-22-11-15-28(16-12-22)18-20-8-6-5-7-9-20/h5-9,21-22H,3-4,10-19H2,1-2H3,(H2,24,25,26). The minimum atomic E-state index is 0.532. The molecule has 2 fully saturated rings. The lowest BCUT2D eigenvalue weighted by atomic mass is 10.0. The van der Waals surface area contributed by atoms with Crippen LogP contribution in [0.3, 0.4) is 0 Å². The molecule has 5 nitrogen and oxygen atoms in total. The van der Waals surface area contributed by atoms with Crippen molar-refractivity contribution >= 4 is 5.96 Å². The molecule has 0 radical (unpaired) electrons. The van der Waals surface area contributed by atoms with Crippen molar-refractivity contribution in [3.63, 3.8) is 0 Å². The molecule has 2 N–H and O–H groups in total. The van der Waals surface area contributed by atoms with Gasteiger partial charge in [0.15, 0.2) is 5.96 Å². The Hall–Kier alpha value is -1.59. The quantitative estimate of drug-likeness (QED) is 0.533. The largest absolute Gasteiger partial charge is 0.357 e. The average Bonchev–Trinajstić information content (AvgIpc) is 3.16. The molecule has 2 aliphatic heterocycles. The molecule has 0 aromatic heterocycles. The van der Waals surface area contributed by atoms with Crippen molar-refractivity contribution in [2.45, 2.75) is 52.1 Å². The van der Waals surface area contributed by atoms with Crippen LogP contribution in [0.2, 0.25) is 0 Å². The van der Waals surface area contributed by atoms with Crippen LogP contribution in [0.15, 0.2) is 35.3 Å². The van der Waals surface area contributed by atoms with E-state index in [1.54, 1.807) is 0 Å². The molecule has 1 aromatic carbocycles. The molecule has 1 unspecified atom stereocenters. The van der Waals surface area contributed by atoms with E-state index in [-0.39, 0.29) is 0 Å². The fourth-order valence-electron chi connectivity index (χ4n) is 4.39. The van der Waals surface area contributed by atoms with Crippen molar-refractivity contribution in [1.82, 2.24) is 20.4 Å². The molecule has 2 heterocycles. The van der Waals surface area contributed by atoms with E-state index < -0.39 is 0 Å². The monoisotopic (exact) mass is 385 g/mol. The second-order valence-corrected chi connectivity index (χ2v) is 8.36. The van der Waals surface area contributed by atoms with Gasteiger partial charge in [-0.15, -0.1) is 0 Å². The molecular formula is C23H39N5. The van der Waals surface area contributed by atoms with Gasteiger partial charge in [0, 0.05) is 45.3 Å². The maximum atomic E-state index is 4.93. The molecule has 0 spiro atoms. The van der Waals surface area contributed by atoms with Crippen LogP contribution in [-0.2, 0) is 6.54 Å². The van der Waals surface area contributed by atoms with Crippen molar-refractivity contribution in [3.05, 3.63) is 35.9 Å². The summed E-state index contributed by atoms with van der Waals surface area (Å²) >= 11 is 0. The van der Waals surface area contributed by atoms with Crippen LogP contribution in [0.5, 0.6) is 0 Å². The van der Waals surface area contributed by atoms with Crippen molar-refractivity contribution in [2.24, 2.45) is 10.9 Å².